The first-order chi connectivity index (χ1) is 4.43. The first kappa shape index (κ1) is 6.09. The number of hydrogen-bond acceptors (Lipinski definition) is 0. The highest BCUT2D eigenvalue weighted by molar-refractivity contribution is 5.39. The summed E-state index contributed by atoms with van der Waals surface area (Å²) in [6.45, 7) is 3.63. The van der Waals surface area contributed by atoms with Gasteiger partial charge in [0.1, 0.15) is 0 Å². The van der Waals surface area contributed by atoms with Crippen molar-refractivity contribution >= 4 is 0 Å². The van der Waals surface area contributed by atoms with Crippen molar-refractivity contribution in [1.29, 1.82) is 0 Å². The van der Waals surface area contributed by atoms with Gasteiger partial charge in [-0.25, -0.2) is 0 Å². The Kier molecular flexibility index (Phi) is 2.08. The lowest BCUT2D eigenvalue weighted by molar-refractivity contribution is 1.38. The van der Waals surface area contributed by atoms with Gasteiger partial charge in [-0.15, -0.1) is 6.58 Å². The Morgan fingerprint density at radius 1 is 1.33 bits per heavy atom. The van der Waals surface area contributed by atoms with Gasteiger partial charge in [0.25, 0.3) is 0 Å². The molecule has 0 unspecified atom stereocenters. The minimum absolute atomic E-state index is 0.962. The monoisotopic (exact) mass is 118 g/mol. The third-order valence-electron chi connectivity index (χ3n) is 1.21. The third kappa shape index (κ3) is 1.73. The SMILES string of the molecule is C=CCC=C1C=CC=C1. The van der Waals surface area contributed by atoms with Crippen LogP contribution in [0.4, 0.5) is 0 Å². The topological polar surface area (TPSA) is 0 Å². The molecule has 0 aromatic heterocycles. The number of rotatable bonds is 2. The van der Waals surface area contributed by atoms with Crippen molar-refractivity contribution in [3.05, 3.63) is 48.6 Å². The molecule has 0 aromatic rings. The molecule has 0 saturated heterocycles. The highest BCUT2D eigenvalue weighted by Crippen LogP contribution is 2.07. The third-order valence-corrected chi connectivity index (χ3v) is 1.21. The molecular formula is C9H10. The van der Waals surface area contributed by atoms with E-state index in [0.717, 1.165) is 6.42 Å². The van der Waals surface area contributed by atoms with Gasteiger partial charge >= 0.3 is 0 Å². The van der Waals surface area contributed by atoms with E-state index in [1.807, 2.05) is 18.2 Å². The average Bonchev–Trinajstić information content (AvgIpc) is 2.34. The molecule has 0 aromatic carbocycles. The Balaban J connectivity index is 2.51. The van der Waals surface area contributed by atoms with E-state index in [9.17, 15) is 0 Å². The van der Waals surface area contributed by atoms with Crippen molar-refractivity contribution in [2.24, 2.45) is 0 Å². The van der Waals surface area contributed by atoms with Gasteiger partial charge in [0.05, 0.1) is 0 Å². The van der Waals surface area contributed by atoms with Crippen LogP contribution in [0.5, 0.6) is 0 Å². The number of allylic oxidation sites excluding steroid dienone is 7. The zero-order valence-corrected chi connectivity index (χ0v) is 5.38. The zero-order valence-electron chi connectivity index (χ0n) is 5.38. The van der Waals surface area contributed by atoms with Crippen LogP contribution in [0.2, 0.25) is 0 Å². The molecular weight excluding hydrogens is 108 g/mol. The quantitative estimate of drug-likeness (QED) is 0.489. The first-order valence-electron chi connectivity index (χ1n) is 3.09. The van der Waals surface area contributed by atoms with E-state index in [1.165, 1.54) is 5.57 Å². The number of hydrogen-bond donors (Lipinski definition) is 0. The van der Waals surface area contributed by atoms with Crippen LogP contribution in [0.15, 0.2) is 48.6 Å². The lowest BCUT2D eigenvalue weighted by atomic mass is 10.2. The summed E-state index contributed by atoms with van der Waals surface area (Å²) in [7, 11) is 0. The first-order valence-corrected chi connectivity index (χ1v) is 3.09. The Hall–Kier alpha value is -1.04. The molecule has 0 heteroatoms. The maximum absolute atomic E-state index is 3.63. The van der Waals surface area contributed by atoms with Gasteiger partial charge in [-0.1, -0.05) is 36.5 Å². The second-order valence-electron chi connectivity index (χ2n) is 1.95. The van der Waals surface area contributed by atoms with E-state index in [1.54, 1.807) is 0 Å². The van der Waals surface area contributed by atoms with Crippen LogP contribution in [-0.2, 0) is 0 Å². The summed E-state index contributed by atoms with van der Waals surface area (Å²) < 4.78 is 0. The van der Waals surface area contributed by atoms with Gasteiger partial charge in [0, 0.05) is 0 Å². The molecule has 1 aliphatic carbocycles. The van der Waals surface area contributed by atoms with Crippen LogP contribution in [0.25, 0.3) is 0 Å². The Morgan fingerprint density at radius 2 is 2.00 bits per heavy atom. The summed E-state index contributed by atoms with van der Waals surface area (Å²) in [5.74, 6) is 0. The standard InChI is InChI=1S/C9H10/c1-2-3-6-9-7-4-5-8-9/h2,4-8H,1,3H2. The van der Waals surface area contributed by atoms with Crippen LogP contribution < -0.4 is 0 Å². The molecule has 0 amide bonds. The Bertz CT molecular complexity index is 166. The fraction of sp³-hybridized carbons (Fsp3) is 0.111. The van der Waals surface area contributed by atoms with Crippen molar-refractivity contribution in [3.8, 4) is 0 Å². The molecule has 0 bridgehead atoms. The van der Waals surface area contributed by atoms with E-state index in [0.29, 0.717) is 0 Å². The molecule has 0 fully saturated rings. The molecule has 9 heavy (non-hydrogen) atoms. The van der Waals surface area contributed by atoms with E-state index < -0.39 is 0 Å². The van der Waals surface area contributed by atoms with Crippen molar-refractivity contribution in [2.75, 3.05) is 0 Å². The normalized spacial score (nSPS) is 14.4. The van der Waals surface area contributed by atoms with Gasteiger partial charge in [0.15, 0.2) is 0 Å². The van der Waals surface area contributed by atoms with Gasteiger partial charge in [0.2, 0.25) is 0 Å². The maximum atomic E-state index is 3.63. The molecule has 1 aliphatic rings. The van der Waals surface area contributed by atoms with Gasteiger partial charge < -0.3 is 0 Å². The van der Waals surface area contributed by atoms with Crippen LogP contribution in [0, 0.1) is 0 Å². The summed E-state index contributed by atoms with van der Waals surface area (Å²) in [6.07, 6.45) is 13.3. The van der Waals surface area contributed by atoms with Crippen molar-refractivity contribution in [1.82, 2.24) is 0 Å². The minimum Gasteiger partial charge on any atom is -0.103 e. The fourth-order valence-corrected chi connectivity index (χ4v) is 0.744. The predicted molar refractivity (Wildman–Crippen MR) is 41.2 cm³/mol. The van der Waals surface area contributed by atoms with Crippen molar-refractivity contribution < 1.29 is 0 Å². The smallest absolute Gasteiger partial charge is 0.0163 e. The molecule has 46 valence electrons. The van der Waals surface area contributed by atoms with E-state index in [4.69, 9.17) is 0 Å². The molecule has 0 nitrogen and oxygen atoms in total. The molecule has 0 heterocycles. The van der Waals surface area contributed by atoms with E-state index in [-0.39, 0.29) is 0 Å². The summed E-state index contributed by atoms with van der Waals surface area (Å²) in [5.41, 5.74) is 1.29. The minimum atomic E-state index is 0.962. The van der Waals surface area contributed by atoms with Crippen LogP contribution in [0.3, 0.4) is 0 Å². The van der Waals surface area contributed by atoms with Crippen molar-refractivity contribution in [3.63, 3.8) is 0 Å². The lowest BCUT2D eigenvalue weighted by Crippen LogP contribution is -1.64. The van der Waals surface area contributed by atoms with Crippen molar-refractivity contribution in [2.45, 2.75) is 6.42 Å². The average molecular weight is 118 g/mol. The highest BCUT2D eigenvalue weighted by Gasteiger charge is 1.86. The second kappa shape index (κ2) is 3.08. The molecule has 0 aliphatic heterocycles. The fourth-order valence-electron chi connectivity index (χ4n) is 0.744. The summed E-state index contributed by atoms with van der Waals surface area (Å²) in [5, 5.41) is 0. The molecule has 0 saturated carbocycles. The van der Waals surface area contributed by atoms with Gasteiger partial charge in [-0.05, 0) is 12.0 Å². The zero-order chi connectivity index (χ0) is 6.53. The van der Waals surface area contributed by atoms with Gasteiger partial charge in [-0.2, -0.15) is 0 Å². The summed E-state index contributed by atoms with van der Waals surface area (Å²) >= 11 is 0. The lowest BCUT2D eigenvalue weighted by Gasteiger charge is -1.84. The maximum Gasteiger partial charge on any atom is -0.0163 e. The second-order valence-corrected chi connectivity index (χ2v) is 1.95. The molecule has 0 atom stereocenters. The van der Waals surface area contributed by atoms with Crippen LogP contribution in [-0.4, -0.2) is 0 Å². The van der Waals surface area contributed by atoms with E-state index in [2.05, 4.69) is 24.8 Å². The Labute approximate surface area is 55.9 Å². The molecule has 0 N–H and O–H groups in total. The summed E-state index contributed by atoms with van der Waals surface area (Å²) in [4.78, 5) is 0. The molecule has 0 radical (unpaired) electrons. The van der Waals surface area contributed by atoms with Crippen LogP contribution >= 0.6 is 0 Å². The molecule has 0 spiro atoms. The van der Waals surface area contributed by atoms with Crippen LogP contribution in [0.1, 0.15) is 6.42 Å². The van der Waals surface area contributed by atoms with E-state index >= 15 is 0 Å². The Morgan fingerprint density at radius 3 is 2.56 bits per heavy atom. The predicted octanol–water partition coefficient (Wildman–Crippen LogP) is 2.61. The highest BCUT2D eigenvalue weighted by atomic mass is 13.9. The van der Waals surface area contributed by atoms with Gasteiger partial charge in [-0.3, -0.25) is 0 Å². The molecule has 1 rings (SSSR count). The summed E-state index contributed by atoms with van der Waals surface area (Å²) in [6, 6.07) is 0. The largest absolute Gasteiger partial charge is 0.103 e.